The van der Waals surface area contributed by atoms with Gasteiger partial charge in [0.1, 0.15) is 28.7 Å². The van der Waals surface area contributed by atoms with Gasteiger partial charge in [0, 0.05) is 22.5 Å². The van der Waals surface area contributed by atoms with E-state index in [1.165, 1.54) is 76.5 Å². The fourth-order valence-electron chi connectivity index (χ4n) is 7.13. The quantitative estimate of drug-likeness (QED) is 0.0628. The number of phenolic OH excluding ortho intramolecular Hbond substituents is 3. The molecule has 0 bridgehead atoms. The average molecular weight is 1700 g/mol. The zero-order valence-corrected chi connectivity index (χ0v) is 51.8. The Kier molecular flexibility index (Phi) is 27.8. The van der Waals surface area contributed by atoms with Crippen molar-refractivity contribution in [3.05, 3.63) is 192 Å². The first-order valence-electron chi connectivity index (χ1n) is 21.3. The molecule has 2 aliphatic heterocycles. The second kappa shape index (κ2) is 31.6. The van der Waals surface area contributed by atoms with Crippen LogP contribution in [-0.2, 0) is 42.7 Å². The number of nitrogens with zero attached hydrogens (tertiary/aromatic N) is 4. The van der Waals surface area contributed by atoms with Gasteiger partial charge < -0.3 is 25.4 Å². The van der Waals surface area contributed by atoms with Gasteiger partial charge in [0.15, 0.2) is 0 Å². The van der Waals surface area contributed by atoms with Crippen LogP contribution in [0.25, 0.3) is 0 Å². The van der Waals surface area contributed by atoms with E-state index in [9.17, 15) is 46.1 Å². The molecule has 0 saturated carbocycles. The van der Waals surface area contributed by atoms with Gasteiger partial charge in [-0.1, -0.05) is 82.4 Å². The second-order valence-electron chi connectivity index (χ2n) is 15.2. The number of halogens is 11. The Morgan fingerprint density at radius 1 is 0.558 bits per heavy atom. The molecule has 405 valence electrons. The maximum absolute atomic E-state index is 13.2. The monoisotopic (exact) mass is 1700 g/mol. The second-order valence-corrected chi connectivity index (χ2v) is 62.4. The summed E-state index contributed by atoms with van der Waals surface area (Å²) >= 11 is 12.1. The minimum absolute atomic E-state index is 0. The molecule has 2 aliphatic rings. The average Bonchev–Trinajstić information content (AvgIpc) is 3.80. The van der Waals surface area contributed by atoms with Crippen LogP contribution < -0.4 is 15.3 Å². The normalized spacial score (nSPS) is 13.2. The van der Waals surface area contributed by atoms with Gasteiger partial charge in [-0.25, -0.2) is 9.98 Å². The molecule has 2 heterocycles. The molecule has 0 atom stereocenters. The Balaban J connectivity index is 0.000000307. The molecule has 9 rings (SSSR count). The maximum atomic E-state index is 13.2. The van der Waals surface area contributed by atoms with Crippen molar-refractivity contribution in [3.63, 3.8) is 0 Å². The van der Waals surface area contributed by atoms with E-state index in [4.69, 9.17) is 15.2 Å². The number of para-hydroxylation sites is 2. The third-order valence-corrected chi connectivity index (χ3v) is 10.4. The van der Waals surface area contributed by atoms with Crippen molar-refractivity contribution in [1.29, 1.82) is 0 Å². The summed E-state index contributed by atoms with van der Waals surface area (Å²) in [7, 11) is -0.830. The standard InChI is InChI=1S/C23H17F3N2O2.C21H13F3N2O2.C6H7BO3.2CH4.5HI.2V/c1-2-14-12-17(10-11-20(14)29)28-19-9-4-3-8-18(19)21(22(28)30)27-16-7-5-6-15(13-16)23(24,25)26;22-21(23,24)13-4-3-5-14(12-13)25-19-17-6-1-2-7-18(17)26(20(19)28)15-8-10-16(27)11-9-15;8-6-3-1-5(2-4-6)7(9)10;;;;;;;;;/h3-13,29H,2H2,1H3;1-12,27H;1-4,8-10H;2*1H4;5*1H;;/q;;;;;;;;;;+2;+3/p-5. The number of rotatable bonds is 6. The number of aryl methyl sites for hydroxylation is 1. The number of alkyl halides is 6. The third-order valence-electron chi connectivity index (χ3n) is 10.4. The molecule has 0 aliphatic carbocycles. The first-order chi connectivity index (χ1) is 35.5. The number of carbonyl (C=O) groups excluding carboxylic acids is 2. The molecule has 0 fully saturated rings. The molecule has 0 radical (unpaired) electrons. The molecule has 0 spiro atoms. The number of aliphatic imine (C=N–C) groups is 2. The summed E-state index contributed by atoms with van der Waals surface area (Å²) in [6, 6.07) is 39.6. The van der Waals surface area contributed by atoms with Crippen LogP contribution in [0.4, 0.5) is 60.5 Å². The van der Waals surface area contributed by atoms with Crippen molar-refractivity contribution >= 4 is 170 Å². The number of aromatic hydroxyl groups is 3. The van der Waals surface area contributed by atoms with Gasteiger partial charge in [0.2, 0.25) is 0 Å². The summed E-state index contributed by atoms with van der Waals surface area (Å²) in [5.74, 6) is -0.587. The Labute approximate surface area is 508 Å². The molecule has 77 heavy (non-hydrogen) atoms. The van der Waals surface area contributed by atoms with Gasteiger partial charge in [-0.3, -0.25) is 19.4 Å². The Morgan fingerprint density at radius 3 is 1.32 bits per heavy atom. The van der Waals surface area contributed by atoms with Gasteiger partial charge in [-0.15, -0.1) is 0 Å². The van der Waals surface area contributed by atoms with Crippen LogP contribution in [0.15, 0.2) is 174 Å². The van der Waals surface area contributed by atoms with Crippen LogP contribution >= 0.6 is 99.9 Å². The fourth-order valence-corrected chi connectivity index (χ4v) is 7.13. The number of phenols is 3. The first-order valence-corrected chi connectivity index (χ1v) is 43.9. The van der Waals surface area contributed by atoms with Crippen molar-refractivity contribution < 1.29 is 75.7 Å². The number of amides is 2. The predicted octanol–water partition coefficient (Wildman–Crippen LogP) is 15.8. The van der Waals surface area contributed by atoms with Crippen molar-refractivity contribution in [2.75, 3.05) is 9.80 Å². The molecular weight excluding hydrogens is 1650 g/mol. The van der Waals surface area contributed by atoms with Crippen LogP contribution in [-0.4, -0.2) is 55.7 Å². The molecule has 0 aromatic heterocycles. The topological polar surface area (TPSA) is 166 Å². The molecule has 25 heteroatoms. The first kappa shape index (κ1) is 67.9. The number of anilines is 4. The summed E-state index contributed by atoms with van der Waals surface area (Å²) < 4.78 is 78.0. The molecule has 5 N–H and O–H groups in total. The van der Waals surface area contributed by atoms with Crippen LogP contribution in [0.2, 0.25) is 0 Å². The van der Waals surface area contributed by atoms with E-state index >= 15 is 0 Å². The predicted molar refractivity (Wildman–Crippen MR) is 330 cm³/mol. The Bertz CT molecular complexity index is 3160. The zero-order chi connectivity index (χ0) is 55.2. The van der Waals surface area contributed by atoms with Gasteiger partial charge in [-0.2, -0.15) is 26.3 Å². The van der Waals surface area contributed by atoms with Gasteiger partial charge in [0.25, 0.3) is 11.8 Å². The summed E-state index contributed by atoms with van der Waals surface area (Å²) in [6.45, 7) is 1.89. The third kappa shape index (κ3) is 19.1. The molecular formula is C52H45BF6I5N4O7V2. The molecule has 7 aromatic carbocycles. The number of fused-ring (bicyclic) bond motifs is 2. The fraction of sp³-hybridized carbons (Fsp3) is 0.115. The number of hydrogen-bond acceptors (Lipinski definition) is 9. The summed E-state index contributed by atoms with van der Waals surface area (Å²) in [5, 5.41) is 45.4. The van der Waals surface area contributed by atoms with Crippen molar-refractivity contribution in [2.45, 2.75) is 40.6 Å². The SMILES string of the molecule is C.C.CCc1cc(N2C(=O)C(=Nc3cccc(C(F)(F)F)c3)c3ccccc32)ccc1O.O=C1C(=Nc2cccc(C(F)(F)F)c2)c2ccccc2N1c1ccc(O)cc1.OB(O)c1ccc(O)cc1.[I][V]([I])[I].[I][V][I]. The van der Waals surface area contributed by atoms with E-state index in [2.05, 4.69) is 110 Å². The molecule has 11 nitrogen and oxygen atoms in total. The van der Waals surface area contributed by atoms with Gasteiger partial charge >= 0.3 is 134 Å². The minimum atomic E-state index is -4.50. The molecule has 0 saturated heterocycles. The van der Waals surface area contributed by atoms with Crippen LogP contribution in [0.5, 0.6) is 17.2 Å². The van der Waals surface area contributed by atoms with E-state index in [0.29, 0.717) is 60.8 Å². The summed E-state index contributed by atoms with van der Waals surface area (Å²) in [6.07, 6.45) is -8.41. The Morgan fingerprint density at radius 2 is 0.935 bits per heavy atom. The van der Waals surface area contributed by atoms with Crippen LogP contribution in [0.1, 0.15) is 49.6 Å². The molecule has 7 aromatic rings. The molecule has 2 amide bonds. The summed E-state index contributed by atoms with van der Waals surface area (Å²) in [4.78, 5) is 37.4. The van der Waals surface area contributed by atoms with Gasteiger partial charge in [0.05, 0.1) is 33.9 Å². The zero-order valence-electron chi connectivity index (χ0n) is 38.3. The van der Waals surface area contributed by atoms with E-state index < -0.39 is 42.4 Å². The van der Waals surface area contributed by atoms with Crippen LogP contribution in [0.3, 0.4) is 0 Å². The van der Waals surface area contributed by atoms with Crippen molar-refractivity contribution in [3.8, 4) is 17.2 Å². The summed E-state index contributed by atoms with van der Waals surface area (Å²) in [5.41, 5.74) is 2.90. The van der Waals surface area contributed by atoms with Gasteiger partial charge in [-0.05, 0) is 121 Å². The Hall–Kier alpha value is -3.40. The van der Waals surface area contributed by atoms with Crippen molar-refractivity contribution in [2.24, 2.45) is 9.98 Å². The van der Waals surface area contributed by atoms with E-state index in [0.717, 1.165) is 24.3 Å². The number of hydrogen-bond donors (Lipinski definition) is 5. The van der Waals surface area contributed by atoms with E-state index in [-0.39, 0.29) is 59.8 Å². The number of benzene rings is 7. The number of carbonyl (C=O) groups is 2. The molecule has 0 unspecified atom stereocenters. The van der Waals surface area contributed by atoms with E-state index in [1.54, 1.807) is 72.8 Å². The van der Waals surface area contributed by atoms with Crippen molar-refractivity contribution in [1.82, 2.24) is 0 Å². The van der Waals surface area contributed by atoms with E-state index in [1.807, 2.05) is 6.92 Å². The van der Waals surface area contributed by atoms with Crippen LogP contribution in [0, 0.1) is 0 Å².